The summed E-state index contributed by atoms with van der Waals surface area (Å²) >= 11 is 0. The van der Waals surface area contributed by atoms with Crippen molar-refractivity contribution in [1.82, 2.24) is 5.32 Å². The molecule has 0 unspecified atom stereocenters. The van der Waals surface area contributed by atoms with Crippen LogP contribution in [0.25, 0.3) is 0 Å². The SMILES string of the molecule is COC1(CNC(=O)c2ccc([N+](=O)[O-])o2)C2CC3CC(C2)CC1C3. The number of hydrogen-bond acceptors (Lipinski definition) is 5. The van der Waals surface area contributed by atoms with Gasteiger partial charge in [0, 0.05) is 13.7 Å². The lowest BCUT2D eigenvalue weighted by molar-refractivity contribution is -0.402. The number of furan rings is 1. The molecule has 7 nitrogen and oxygen atoms in total. The number of nitrogens with zero attached hydrogens (tertiary/aromatic N) is 1. The summed E-state index contributed by atoms with van der Waals surface area (Å²) in [7, 11) is 1.74. The van der Waals surface area contributed by atoms with E-state index in [-0.39, 0.29) is 11.4 Å². The molecule has 0 saturated heterocycles. The molecule has 0 aliphatic heterocycles. The van der Waals surface area contributed by atoms with E-state index < -0.39 is 16.7 Å². The average Bonchev–Trinajstić information content (AvgIpc) is 3.04. The number of rotatable bonds is 5. The van der Waals surface area contributed by atoms with E-state index in [1.54, 1.807) is 7.11 Å². The lowest BCUT2D eigenvalue weighted by Gasteiger charge is -2.60. The fourth-order valence-corrected chi connectivity index (χ4v) is 5.53. The third kappa shape index (κ3) is 2.33. The molecule has 130 valence electrons. The van der Waals surface area contributed by atoms with Crippen LogP contribution >= 0.6 is 0 Å². The van der Waals surface area contributed by atoms with Gasteiger partial charge in [0.1, 0.15) is 4.92 Å². The number of hydrogen-bond donors (Lipinski definition) is 1. The van der Waals surface area contributed by atoms with E-state index in [0.29, 0.717) is 18.4 Å². The zero-order valence-corrected chi connectivity index (χ0v) is 13.7. The van der Waals surface area contributed by atoms with Crippen LogP contribution in [-0.2, 0) is 4.74 Å². The molecule has 1 heterocycles. The van der Waals surface area contributed by atoms with Gasteiger partial charge in [-0.3, -0.25) is 14.9 Å². The molecule has 0 radical (unpaired) electrons. The third-order valence-corrected chi connectivity index (χ3v) is 6.42. The summed E-state index contributed by atoms with van der Waals surface area (Å²) in [6.45, 7) is 0.436. The van der Waals surface area contributed by atoms with E-state index in [4.69, 9.17) is 9.15 Å². The van der Waals surface area contributed by atoms with Gasteiger partial charge in [-0.1, -0.05) is 0 Å². The van der Waals surface area contributed by atoms with Gasteiger partial charge in [0.15, 0.2) is 5.76 Å². The van der Waals surface area contributed by atoms with Crippen LogP contribution < -0.4 is 5.32 Å². The zero-order valence-electron chi connectivity index (χ0n) is 13.7. The summed E-state index contributed by atoms with van der Waals surface area (Å²) in [5.74, 6) is 1.75. The van der Waals surface area contributed by atoms with Crippen molar-refractivity contribution in [2.24, 2.45) is 23.7 Å². The average molecular weight is 334 g/mol. The van der Waals surface area contributed by atoms with Gasteiger partial charge in [-0.15, -0.1) is 0 Å². The fraction of sp³-hybridized carbons (Fsp3) is 0.706. The second kappa shape index (κ2) is 5.58. The normalized spacial score (nSPS) is 36.7. The molecule has 4 bridgehead atoms. The van der Waals surface area contributed by atoms with Crippen molar-refractivity contribution in [2.45, 2.75) is 37.7 Å². The number of ether oxygens (including phenoxy) is 1. The largest absolute Gasteiger partial charge is 0.433 e. The van der Waals surface area contributed by atoms with Crippen molar-refractivity contribution >= 4 is 11.8 Å². The summed E-state index contributed by atoms with van der Waals surface area (Å²) in [6.07, 6.45) is 6.09. The molecule has 0 aromatic carbocycles. The number of nitrogens with one attached hydrogen (secondary N) is 1. The zero-order chi connectivity index (χ0) is 16.9. The maximum atomic E-state index is 12.3. The molecule has 24 heavy (non-hydrogen) atoms. The predicted molar refractivity (Wildman–Crippen MR) is 84.5 cm³/mol. The standard InChI is InChI=1S/C17H22N2O5/c1-23-17(12-5-10-4-11(7-12)8-13(17)6-10)9-18-16(20)14-2-3-15(24-14)19(21)22/h2-3,10-13H,4-9H2,1H3,(H,18,20). The minimum Gasteiger partial charge on any atom is -0.395 e. The first kappa shape index (κ1) is 15.6. The number of nitro groups is 1. The van der Waals surface area contributed by atoms with Crippen molar-refractivity contribution in [3.8, 4) is 0 Å². The quantitative estimate of drug-likeness (QED) is 0.660. The lowest BCUT2D eigenvalue weighted by Crippen LogP contribution is -2.63. The molecule has 4 fully saturated rings. The van der Waals surface area contributed by atoms with Crippen LogP contribution in [0.2, 0.25) is 0 Å². The van der Waals surface area contributed by atoms with Crippen LogP contribution in [0.15, 0.2) is 16.5 Å². The van der Waals surface area contributed by atoms with Crippen LogP contribution in [0.3, 0.4) is 0 Å². The lowest BCUT2D eigenvalue weighted by atomic mass is 9.49. The number of methoxy groups -OCH3 is 1. The van der Waals surface area contributed by atoms with Crippen molar-refractivity contribution in [2.75, 3.05) is 13.7 Å². The molecule has 1 N–H and O–H groups in total. The Hall–Kier alpha value is -1.89. The highest BCUT2D eigenvalue weighted by Gasteiger charge is 2.57. The maximum Gasteiger partial charge on any atom is 0.433 e. The van der Waals surface area contributed by atoms with Crippen molar-refractivity contribution in [1.29, 1.82) is 0 Å². The first-order chi connectivity index (χ1) is 11.5. The topological polar surface area (TPSA) is 94.6 Å². The maximum absolute atomic E-state index is 12.3. The Kier molecular flexibility index (Phi) is 3.63. The summed E-state index contributed by atoms with van der Waals surface area (Å²) < 4.78 is 11.0. The van der Waals surface area contributed by atoms with Gasteiger partial charge in [-0.2, -0.15) is 0 Å². The molecular formula is C17H22N2O5. The second-order valence-electron chi connectivity index (χ2n) is 7.54. The first-order valence-electron chi connectivity index (χ1n) is 8.59. The van der Waals surface area contributed by atoms with E-state index in [9.17, 15) is 14.9 Å². The number of carbonyl (C=O) groups excluding carboxylic acids is 1. The number of carbonyl (C=O) groups is 1. The predicted octanol–water partition coefficient (Wildman–Crippen LogP) is 2.76. The van der Waals surface area contributed by atoms with E-state index in [2.05, 4.69) is 5.32 Å². The van der Waals surface area contributed by atoms with Crippen LogP contribution in [-0.4, -0.2) is 30.1 Å². The van der Waals surface area contributed by atoms with E-state index in [0.717, 1.165) is 11.8 Å². The Morgan fingerprint density at radius 3 is 2.42 bits per heavy atom. The van der Waals surface area contributed by atoms with E-state index >= 15 is 0 Å². The molecular weight excluding hydrogens is 312 g/mol. The van der Waals surface area contributed by atoms with E-state index in [1.807, 2.05) is 0 Å². The minimum absolute atomic E-state index is 0.0308. The first-order valence-corrected chi connectivity index (χ1v) is 8.59. The second-order valence-corrected chi connectivity index (χ2v) is 7.54. The molecule has 1 aromatic rings. The summed E-state index contributed by atoms with van der Waals surface area (Å²) in [4.78, 5) is 22.3. The highest BCUT2D eigenvalue weighted by atomic mass is 16.6. The van der Waals surface area contributed by atoms with Gasteiger partial charge in [0.25, 0.3) is 5.91 Å². The van der Waals surface area contributed by atoms with Gasteiger partial charge in [-0.05, 0) is 61.8 Å². The molecule has 4 saturated carbocycles. The third-order valence-electron chi connectivity index (χ3n) is 6.42. The van der Waals surface area contributed by atoms with Crippen LogP contribution in [0.5, 0.6) is 0 Å². The van der Waals surface area contributed by atoms with Crippen molar-refractivity contribution < 1.29 is 18.9 Å². The van der Waals surface area contributed by atoms with Crippen LogP contribution in [0.1, 0.15) is 42.7 Å². The Balaban J connectivity index is 1.47. The monoisotopic (exact) mass is 334 g/mol. The van der Waals surface area contributed by atoms with Crippen LogP contribution in [0, 0.1) is 33.8 Å². The molecule has 5 rings (SSSR count). The smallest absolute Gasteiger partial charge is 0.395 e. The van der Waals surface area contributed by atoms with Crippen molar-refractivity contribution in [3.63, 3.8) is 0 Å². The highest BCUT2D eigenvalue weighted by molar-refractivity contribution is 5.91. The molecule has 7 heteroatoms. The van der Waals surface area contributed by atoms with Gasteiger partial charge in [0.05, 0.1) is 11.7 Å². The fourth-order valence-electron chi connectivity index (χ4n) is 5.53. The van der Waals surface area contributed by atoms with Crippen molar-refractivity contribution in [3.05, 3.63) is 28.0 Å². The molecule has 4 aliphatic carbocycles. The van der Waals surface area contributed by atoms with Crippen LogP contribution in [0.4, 0.5) is 5.88 Å². The summed E-state index contributed by atoms with van der Waals surface area (Å²) in [5, 5.41) is 13.6. The minimum atomic E-state index is -0.648. The molecule has 1 amide bonds. The Labute approximate surface area is 139 Å². The highest BCUT2D eigenvalue weighted by Crippen LogP contribution is 2.59. The van der Waals surface area contributed by atoms with Gasteiger partial charge in [-0.25, -0.2) is 0 Å². The summed E-state index contributed by atoms with van der Waals surface area (Å²) in [6, 6.07) is 2.54. The molecule has 0 spiro atoms. The molecule has 4 aliphatic rings. The van der Waals surface area contributed by atoms with Gasteiger partial charge < -0.3 is 14.5 Å². The summed E-state index contributed by atoms with van der Waals surface area (Å²) in [5.41, 5.74) is -0.304. The molecule has 0 atom stereocenters. The molecule has 1 aromatic heterocycles. The number of amides is 1. The Morgan fingerprint density at radius 1 is 1.29 bits per heavy atom. The van der Waals surface area contributed by atoms with Gasteiger partial charge >= 0.3 is 5.88 Å². The van der Waals surface area contributed by atoms with Gasteiger partial charge in [0.2, 0.25) is 0 Å². The Morgan fingerprint density at radius 2 is 1.92 bits per heavy atom. The van der Waals surface area contributed by atoms with E-state index in [1.165, 1.54) is 44.2 Å². The Bertz CT molecular complexity index is 640.